The number of ketones is 1. The zero-order valence-electron chi connectivity index (χ0n) is 15.5. The van der Waals surface area contributed by atoms with Gasteiger partial charge in [-0.25, -0.2) is 4.79 Å². The Labute approximate surface area is 150 Å². The van der Waals surface area contributed by atoms with Crippen molar-refractivity contribution in [1.29, 1.82) is 0 Å². The summed E-state index contributed by atoms with van der Waals surface area (Å²) < 4.78 is 0. The van der Waals surface area contributed by atoms with E-state index in [0.717, 1.165) is 51.4 Å². The van der Waals surface area contributed by atoms with Gasteiger partial charge in [0.15, 0.2) is 5.78 Å². The SMILES string of the molecule is CN1C(=O)N(CC(=O)C2CCC(N)CC2)C(=O)C1(C)C1CCCCC1. The third kappa shape index (κ3) is 3.21. The van der Waals surface area contributed by atoms with Gasteiger partial charge in [-0.1, -0.05) is 19.3 Å². The molecule has 3 amide bonds. The van der Waals surface area contributed by atoms with Gasteiger partial charge in [-0.15, -0.1) is 0 Å². The van der Waals surface area contributed by atoms with Gasteiger partial charge in [-0.2, -0.15) is 0 Å². The Hall–Kier alpha value is -1.43. The van der Waals surface area contributed by atoms with Crippen LogP contribution in [0.2, 0.25) is 0 Å². The molecular weight excluding hydrogens is 318 g/mol. The molecule has 0 aromatic rings. The van der Waals surface area contributed by atoms with Gasteiger partial charge in [0.2, 0.25) is 0 Å². The lowest BCUT2D eigenvalue weighted by Crippen LogP contribution is -2.52. The minimum absolute atomic E-state index is 0.00916. The Morgan fingerprint density at radius 3 is 2.28 bits per heavy atom. The van der Waals surface area contributed by atoms with Crippen LogP contribution in [0.5, 0.6) is 0 Å². The maximum Gasteiger partial charge on any atom is 0.327 e. The molecule has 140 valence electrons. The number of likely N-dealkylation sites (N-methyl/N-ethyl adjacent to an activating group) is 1. The second-order valence-electron chi connectivity index (χ2n) is 8.29. The van der Waals surface area contributed by atoms with Crippen molar-refractivity contribution in [1.82, 2.24) is 9.80 Å². The summed E-state index contributed by atoms with van der Waals surface area (Å²) in [6.07, 6.45) is 8.59. The number of nitrogens with zero attached hydrogens (tertiary/aromatic N) is 2. The number of hydrogen-bond donors (Lipinski definition) is 1. The zero-order chi connectivity index (χ0) is 18.2. The number of urea groups is 1. The first-order valence-corrected chi connectivity index (χ1v) is 9.73. The van der Waals surface area contributed by atoms with Crippen LogP contribution in [0.3, 0.4) is 0 Å². The molecule has 1 heterocycles. The largest absolute Gasteiger partial charge is 0.328 e. The van der Waals surface area contributed by atoms with Gasteiger partial charge in [0.05, 0.1) is 6.54 Å². The minimum atomic E-state index is -0.799. The maximum absolute atomic E-state index is 13.1. The number of amides is 3. The van der Waals surface area contributed by atoms with Crippen LogP contribution in [0.1, 0.15) is 64.7 Å². The van der Waals surface area contributed by atoms with E-state index in [-0.39, 0.29) is 42.1 Å². The number of rotatable bonds is 4. The van der Waals surface area contributed by atoms with Crippen LogP contribution in [0.15, 0.2) is 0 Å². The summed E-state index contributed by atoms with van der Waals surface area (Å²) in [5.41, 5.74) is 5.11. The van der Waals surface area contributed by atoms with Crippen LogP contribution in [-0.4, -0.2) is 52.7 Å². The minimum Gasteiger partial charge on any atom is -0.328 e. The van der Waals surface area contributed by atoms with Gasteiger partial charge in [0.1, 0.15) is 5.54 Å². The third-order valence-electron chi connectivity index (χ3n) is 6.83. The topological polar surface area (TPSA) is 83.7 Å². The molecule has 6 nitrogen and oxygen atoms in total. The molecule has 1 aliphatic heterocycles. The van der Waals surface area contributed by atoms with Crippen LogP contribution in [0.4, 0.5) is 4.79 Å². The summed E-state index contributed by atoms with van der Waals surface area (Å²) >= 11 is 0. The smallest absolute Gasteiger partial charge is 0.327 e. The van der Waals surface area contributed by atoms with Crippen molar-refractivity contribution in [2.45, 2.75) is 76.3 Å². The van der Waals surface area contributed by atoms with E-state index in [4.69, 9.17) is 5.73 Å². The molecule has 3 rings (SSSR count). The predicted octanol–water partition coefficient (Wildman–Crippen LogP) is 2.31. The first-order valence-electron chi connectivity index (χ1n) is 9.73. The van der Waals surface area contributed by atoms with Crippen molar-refractivity contribution in [3.8, 4) is 0 Å². The molecule has 2 saturated carbocycles. The van der Waals surface area contributed by atoms with E-state index in [1.54, 1.807) is 11.9 Å². The molecule has 0 radical (unpaired) electrons. The van der Waals surface area contributed by atoms with Gasteiger partial charge >= 0.3 is 6.03 Å². The molecule has 6 heteroatoms. The van der Waals surface area contributed by atoms with Crippen LogP contribution in [-0.2, 0) is 9.59 Å². The van der Waals surface area contributed by atoms with Gasteiger partial charge in [0.25, 0.3) is 5.91 Å². The number of carbonyl (C=O) groups excluding carboxylic acids is 3. The molecule has 3 aliphatic rings. The number of carbonyl (C=O) groups is 3. The van der Waals surface area contributed by atoms with Crippen molar-refractivity contribution < 1.29 is 14.4 Å². The Bertz CT molecular complexity index is 550. The fourth-order valence-electron chi connectivity index (χ4n) is 4.86. The monoisotopic (exact) mass is 349 g/mol. The molecule has 0 aromatic heterocycles. The van der Waals surface area contributed by atoms with Gasteiger partial charge in [-0.3, -0.25) is 14.5 Å². The quantitative estimate of drug-likeness (QED) is 0.789. The van der Waals surface area contributed by atoms with E-state index in [2.05, 4.69) is 0 Å². The van der Waals surface area contributed by atoms with E-state index in [9.17, 15) is 14.4 Å². The predicted molar refractivity (Wildman–Crippen MR) is 94.8 cm³/mol. The van der Waals surface area contributed by atoms with Crippen LogP contribution in [0, 0.1) is 11.8 Å². The standard InChI is InChI=1S/C19H31N3O3/c1-19(14-6-4-3-5-7-14)17(24)22(18(25)21(19)2)12-16(23)13-8-10-15(20)11-9-13/h13-15H,3-12,20H2,1-2H3. The van der Waals surface area contributed by atoms with E-state index in [0.29, 0.717) is 0 Å². The van der Waals surface area contributed by atoms with Crippen molar-refractivity contribution in [3.05, 3.63) is 0 Å². The lowest BCUT2D eigenvalue weighted by atomic mass is 9.75. The lowest BCUT2D eigenvalue weighted by molar-refractivity contribution is -0.138. The van der Waals surface area contributed by atoms with Crippen LogP contribution >= 0.6 is 0 Å². The average molecular weight is 349 g/mol. The lowest BCUT2D eigenvalue weighted by Gasteiger charge is -2.38. The van der Waals surface area contributed by atoms with Gasteiger partial charge in [0, 0.05) is 19.0 Å². The summed E-state index contributed by atoms with van der Waals surface area (Å²) in [5.74, 6) is -0.0506. The molecule has 3 fully saturated rings. The molecule has 1 atom stereocenters. The van der Waals surface area contributed by atoms with E-state index < -0.39 is 5.54 Å². The Morgan fingerprint density at radius 2 is 1.68 bits per heavy atom. The fraction of sp³-hybridized carbons (Fsp3) is 0.842. The first kappa shape index (κ1) is 18.4. The van der Waals surface area contributed by atoms with E-state index in [1.807, 2.05) is 6.92 Å². The molecule has 0 bridgehead atoms. The zero-order valence-corrected chi connectivity index (χ0v) is 15.5. The normalized spacial score (nSPS) is 34.7. The molecule has 0 spiro atoms. The highest BCUT2D eigenvalue weighted by atomic mass is 16.2. The summed E-state index contributed by atoms with van der Waals surface area (Å²) in [5, 5.41) is 0. The summed E-state index contributed by atoms with van der Waals surface area (Å²) in [6, 6.07) is -0.140. The number of imide groups is 1. The van der Waals surface area contributed by atoms with Crippen molar-refractivity contribution in [2.24, 2.45) is 17.6 Å². The molecule has 1 unspecified atom stereocenters. The first-order chi connectivity index (χ1) is 11.9. The Morgan fingerprint density at radius 1 is 1.08 bits per heavy atom. The van der Waals surface area contributed by atoms with Crippen LogP contribution in [0.25, 0.3) is 0 Å². The van der Waals surface area contributed by atoms with Crippen LogP contribution < -0.4 is 5.73 Å². The highest BCUT2D eigenvalue weighted by Crippen LogP contribution is 2.41. The molecule has 25 heavy (non-hydrogen) atoms. The van der Waals surface area contributed by atoms with E-state index in [1.165, 1.54) is 11.3 Å². The Kier molecular flexibility index (Phi) is 5.19. The number of hydrogen-bond acceptors (Lipinski definition) is 4. The average Bonchev–Trinajstić information content (AvgIpc) is 2.79. The summed E-state index contributed by atoms with van der Waals surface area (Å²) in [7, 11) is 1.71. The van der Waals surface area contributed by atoms with Crippen molar-refractivity contribution in [2.75, 3.05) is 13.6 Å². The summed E-state index contributed by atoms with van der Waals surface area (Å²) in [6.45, 7) is 1.80. The maximum atomic E-state index is 13.1. The molecule has 2 aliphatic carbocycles. The second-order valence-corrected chi connectivity index (χ2v) is 8.29. The van der Waals surface area contributed by atoms with Gasteiger partial charge in [-0.05, 0) is 51.4 Å². The van der Waals surface area contributed by atoms with Crippen molar-refractivity contribution >= 4 is 17.7 Å². The second kappa shape index (κ2) is 7.06. The van der Waals surface area contributed by atoms with Crippen molar-refractivity contribution in [3.63, 3.8) is 0 Å². The Balaban J connectivity index is 1.70. The third-order valence-corrected chi connectivity index (χ3v) is 6.83. The molecule has 0 aromatic carbocycles. The molecule has 1 saturated heterocycles. The summed E-state index contributed by atoms with van der Waals surface area (Å²) in [4.78, 5) is 41.2. The highest BCUT2D eigenvalue weighted by Gasteiger charge is 2.56. The van der Waals surface area contributed by atoms with Gasteiger partial charge < -0.3 is 10.6 Å². The number of Topliss-reactive ketones (excluding diaryl/α,β-unsaturated/α-hetero) is 1. The molecular formula is C19H31N3O3. The molecule has 2 N–H and O–H groups in total. The number of nitrogens with two attached hydrogens (primary N) is 1. The fourth-order valence-corrected chi connectivity index (χ4v) is 4.86. The van der Waals surface area contributed by atoms with E-state index >= 15 is 0 Å². The highest BCUT2D eigenvalue weighted by molar-refractivity contribution is 6.09.